The molecule has 19 heavy (non-hydrogen) atoms. The fraction of sp³-hybridized carbons (Fsp3) is 0.333. The standard InChI is InChI=1S/C12H13BrClN3O2/c13-9-4-15-5-10(11(9)14)17-12(19)16-8-2-1-7(3-8)6-18/h1-2,4-5,7-8,18H,3,6H2,(H2,16,17,19)/t7-,8+/m0/s1. The van der Waals surface area contributed by atoms with E-state index in [1.807, 2.05) is 12.2 Å². The Morgan fingerprint density at radius 1 is 1.53 bits per heavy atom. The molecule has 2 amide bonds. The van der Waals surface area contributed by atoms with Gasteiger partial charge in [0.25, 0.3) is 0 Å². The number of nitrogens with zero attached hydrogens (tertiary/aromatic N) is 1. The van der Waals surface area contributed by atoms with E-state index in [0.29, 0.717) is 21.6 Å². The van der Waals surface area contributed by atoms with Gasteiger partial charge in [-0.3, -0.25) is 4.98 Å². The maximum Gasteiger partial charge on any atom is 0.319 e. The summed E-state index contributed by atoms with van der Waals surface area (Å²) in [6, 6.07) is -0.425. The maximum atomic E-state index is 11.8. The van der Waals surface area contributed by atoms with Crippen LogP contribution in [0.4, 0.5) is 10.5 Å². The summed E-state index contributed by atoms with van der Waals surface area (Å²) in [5, 5.41) is 14.8. The molecule has 0 fully saturated rings. The number of aliphatic hydroxyl groups excluding tert-OH is 1. The predicted molar refractivity (Wildman–Crippen MR) is 77.2 cm³/mol. The number of aromatic nitrogens is 1. The largest absolute Gasteiger partial charge is 0.396 e. The lowest BCUT2D eigenvalue weighted by Gasteiger charge is -2.14. The van der Waals surface area contributed by atoms with E-state index >= 15 is 0 Å². The van der Waals surface area contributed by atoms with Crippen LogP contribution in [0.1, 0.15) is 6.42 Å². The highest BCUT2D eigenvalue weighted by Gasteiger charge is 2.20. The van der Waals surface area contributed by atoms with E-state index in [9.17, 15) is 4.79 Å². The number of rotatable bonds is 3. The van der Waals surface area contributed by atoms with Gasteiger partial charge in [0.05, 0.1) is 21.4 Å². The normalized spacial score (nSPS) is 21.4. The van der Waals surface area contributed by atoms with Crippen molar-refractivity contribution in [3.05, 3.63) is 34.0 Å². The van der Waals surface area contributed by atoms with Crippen molar-refractivity contribution in [3.63, 3.8) is 0 Å². The van der Waals surface area contributed by atoms with Crippen LogP contribution in [0.15, 0.2) is 29.0 Å². The first-order valence-corrected chi connectivity index (χ1v) is 6.93. The highest BCUT2D eigenvalue weighted by atomic mass is 79.9. The Bertz CT molecular complexity index is 510. The van der Waals surface area contributed by atoms with E-state index in [1.165, 1.54) is 6.20 Å². The lowest BCUT2D eigenvalue weighted by molar-refractivity contribution is 0.238. The molecule has 102 valence electrons. The van der Waals surface area contributed by atoms with Crippen LogP contribution < -0.4 is 10.6 Å². The maximum absolute atomic E-state index is 11.8. The smallest absolute Gasteiger partial charge is 0.319 e. The van der Waals surface area contributed by atoms with Gasteiger partial charge in [-0.1, -0.05) is 23.8 Å². The molecular weight excluding hydrogens is 334 g/mol. The second kappa shape index (κ2) is 6.36. The summed E-state index contributed by atoms with van der Waals surface area (Å²) >= 11 is 9.26. The van der Waals surface area contributed by atoms with Crippen LogP contribution >= 0.6 is 27.5 Å². The molecule has 2 atom stereocenters. The van der Waals surface area contributed by atoms with Gasteiger partial charge in [-0.15, -0.1) is 0 Å². The molecule has 1 heterocycles. The summed E-state index contributed by atoms with van der Waals surface area (Å²) in [5.41, 5.74) is 0.439. The molecule has 1 aromatic heterocycles. The Morgan fingerprint density at radius 3 is 3.00 bits per heavy atom. The Morgan fingerprint density at radius 2 is 2.32 bits per heavy atom. The van der Waals surface area contributed by atoms with Gasteiger partial charge in [0, 0.05) is 24.8 Å². The number of aliphatic hydroxyl groups is 1. The van der Waals surface area contributed by atoms with Crippen LogP contribution in [0.5, 0.6) is 0 Å². The molecule has 3 N–H and O–H groups in total. The van der Waals surface area contributed by atoms with Crippen LogP contribution in [-0.4, -0.2) is 28.8 Å². The molecule has 1 aromatic rings. The third-order valence-electron chi connectivity index (χ3n) is 2.81. The van der Waals surface area contributed by atoms with E-state index in [-0.39, 0.29) is 24.6 Å². The molecule has 0 bridgehead atoms. The van der Waals surface area contributed by atoms with Gasteiger partial charge in [-0.05, 0) is 22.4 Å². The van der Waals surface area contributed by atoms with E-state index in [1.54, 1.807) is 6.20 Å². The number of carbonyl (C=O) groups excluding carboxylic acids is 1. The first-order valence-electron chi connectivity index (χ1n) is 5.76. The Labute approximate surface area is 124 Å². The zero-order chi connectivity index (χ0) is 13.8. The monoisotopic (exact) mass is 345 g/mol. The average Bonchev–Trinajstić information content (AvgIpc) is 2.82. The molecule has 0 aliphatic heterocycles. The third-order valence-corrected chi connectivity index (χ3v) is 4.05. The van der Waals surface area contributed by atoms with Crippen LogP contribution in [0.3, 0.4) is 0 Å². The molecule has 1 aliphatic carbocycles. The quantitative estimate of drug-likeness (QED) is 0.736. The molecule has 0 saturated heterocycles. The highest BCUT2D eigenvalue weighted by molar-refractivity contribution is 9.10. The summed E-state index contributed by atoms with van der Waals surface area (Å²) in [4.78, 5) is 15.7. The summed E-state index contributed by atoms with van der Waals surface area (Å²) in [7, 11) is 0. The van der Waals surface area contributed by atoms with Crippen LogP contribution in [0, 0.1) is 5.92 Å². The molecule has 2 rings (SSSR count). The Hall–Kier alpha value is -1.11. The zero-order valence-electron chi connectivity index (χ0n) is 9.94. The number of nitrogens with one attached hydrogen (secondary N) is 2. The molecule has 0 unspecified atom stereocenters. The molecular formula is C12H13BrClN3O2. The molecule has 0 saturated carbocycles. The Kier molecular flexibility index (Phi) is 4.79. The molecule has 7 heteroatoms. The predicted octanol–water partition coefficient (Wildman–Crippen LogP) is 2.56. The lowest BCUT2D eigenvalue weighted by Crippen LogP contribution is -2.36. The molecule has 0 radical (unpaired) electrons. The van der Waals surface area contributed by atoms with Crippen LogP contribution in [-0.2, 0) is 0 Å². The minimum absolute atomic E-state index is 0.0731. The lowest BCUT2D eigenvalue weighted by atomic mass is 10.1. The molecule has 0 spiro atoms. The summed E-state index contributed by atoms with van der Waals surface area (Å²) < 4.78 is 0.619. The Balaban J connectivity index is 1.92. The van der Waals surface area contributed by atoms with Crippen molar-refractivity contribution in [1.82, 2.24) is 10.3 Å². The number of hydrogen-bond acceptors (Lipinski definition) is 3. The number of halogens is 2. The van der Waals surface area contributed by atoms with Crippen molar-refractivity contribution in [1.29, 1.82) is 0 Å². The second-order valence-electron chi connectivity index (χ2n) is 4.25. The van der Waals surface area contributed by atoms with E-state index in [0.717, 1.165) is 0 Å². The van der Waals surface area contributed by atoms with Crippen molar-refractivity contribution in [2.24, 2.45) is 5.92 Å². The van der Waals surface area contributed by atoms with Crippen molar-refractivity contribution in [2.75, 3.05) is 11.9 Å². The van der Waals surface area contributed by atoms with Crippen LogP contribution in [0.2, 0.25) is 5.02 Å². The number of pyridine rings is 1. The van der Waals surface area contributed by atoms with Gasteiger partial charge in [0.15, 0.2) is 0 Å². The van der Waals surface area contributed by atoms with Gasteiger partial charge in [0.1, 0.15) is 0 Å². The zero-order valence-corrected chi connectivity index (χ0v) is 12.3. The van der Waals surface area contributed by atoms with Crippen molar-refractivity contribution < 1.29 is 9.90 Å². The first kappa shape index (κ1) is 14.3. The molecule has 1 aliphatic rings. The first-order chi connectivity index (χ1) is 9.10. The fourth-order valence-electron chi connectivity index (χ4n) is 1.85. The number of urea groups is 1. The van der Waals surface area contributed by atoms with Gasteiger partial charge >= 0.3 is 6.03 Å². The van der Waals surface area contributed by atoms with E-state index in [2.05, 4.69) is 31.5 Å². The van der Waals surface area contributed by atoms with E-state index < -0.39 is 0 Å². The summed E-state index contributed by atoms with van der Waals surface area (Å²) in [6.07, 6.45) is 7.51. The number of carbonyl (C=O) groups is 1. The molecule has 0 aromatic carbocycles. The fourth-order valence-corrected chi connectivity index (χ4v) is 2.33. The van der Waals surface area contributed by atoms with E-state index in [4.69, 9.17) is 16.7 Å². The summed E-state index contributed by atoms with van der Waals surface area (Å²) in [5.74, 6) is 0.112. The minimum atomic E-state index is -0.352. The third kappa shape index (κ3) is 3.68. The van der Waals surface area contributed by atoms with Crippen molar-refractivity contribution >= 4 is 39.2 Å². The van der Waals surface area contributed by atoms with Crippen molar-refractivity contribution in [3.8, 4) is 0 Å². The summed E-state index contributed by atoms with van der Waals surface area (Å²) in [6.45, 7) is 0.0949. The average molecular weight is 347 g/mol. The van der Waals surface area contributed by atoms with Crippen LogP contribution in [0.25, 0.3) is 0 Å². The van der Waals surface area contributed by atoms with Gasteiger partial charge in [-0.2, -0.15) is 0 Å². The van der Waals surface area contributed by atoms with Crippen molar-refractivity contribution in [2.45, 2.75) is 12.5 Å². The topological polar surface area (TPSA) is 74.2 Å². The molecule has 5 nitrogen and oxygen atoms in total. The SMILES string of the molecule is O=C(Nc1cncc(Br)c1Cl)N[C@@H]1C=C[C@H](CO)C1. The number of anilines is 1. The number of amides is 2. The highest BCUT2D eigenvalue weighted by Crippen LogP contribution is 2.28. The van der Waals surface area contributed by atoms with Gasteiger partial charge in [-0.25, -0.2) is 4.79 Å². The second-order valence-corrected chi connectivity index (χ2v) is 5.48. The van der Waals surface area contributed by atoms with Gasteiger partial charge in [0.2, 0.25) is 0 Å². The number of hydrogen-bond donors (Lipinski definition) is 3. The van der Waals surface area contributed by atoms with Gasteiger partial charge < -0.3 is 15.7 Å². The minimum Gasteiger partial charge on any atom is -0.396 e.